The first-order chi connectivity index (χ1) is 13.4. The minimum Gasteiger partial charge on any atom is -0.497 e. The fourth-order valence-electron chi connectivity index (χ4n) is 4.07. The molecule has 146 valence electrons. The summed E-state index contributed by atoms with van der Waals surface area (Å²) in [5.41, 5.74) is 1.29. The molecule has 1 aromatic carbocycles. The Morgan fingerprint density at radius 3 is 2.57 bits per heavy atom. The number of aromatic nitrogens is 2. The van der Waals surface area contributed by atoms with Gasteiger partial charge in [0.1, 0.15) is 10.6 Å². The number of rotatable bonds is 4. The Balaban J connectivity index is 1.71. The zero-order valence-electron chi connectivity index (χ0n) is 16.2. The largest absolute Gasteiger partial charge is 0.497 e. The van der Waals surface area contributed by atoms with Crippen molar-refractivity contribution >= 4 is 27.5 Å². The van der Waals surface area contributed by atoms with Gasteiger partial charge in [-0.15, -0.1) is 11.3 Å². The van der Waals surface area contributed by atoms with Gasteiger partial charge in [-0.05, 0) is 43.0 Å². The van der Waals surface area contributed by atoms with Crippen LogP contribution in [0.4, 0.5) is 0 Å². The Kier molecular flexibility index (Phi) is 4.71. The lowest BCUT2D eigenvalue weighted by Gasteiger charge is -2.31. The average molecular weight is 398 g/mol. The van der Waals surface area contributed by atoms with Gasteiger partial charge in [-0.1, -0.05) is 25.0 Å². The van der Waals surface area contributed by atoms with Crippen molar-refractivity contribution in [2.45, 2.75) is 38.1 Å². The van der Waals surface area contributed by atoms with E-state index >= 15 is 0 Å². The predicted octanol–water partition coefficient (Wildman–Crippen LogP) is 3.51. The number of methoxy groups -OCH3 is 1. The van der Waals surface area contributed by atoms with Crippen LogP contribution in [0, 0.1) is 6.92 Å². The van der Waals surface area contributed by atoms with Crippen molar-refractivity contribution in [3.63, 3.8) is 0 Å². The van der Waals surface area contributed by atoms with Gasteiger partial charge in [0.05, 0.1) is 29.2 Å². The predicted molar refractivity (Wildman–Crippen MR) is 110 cm³/mol. The Morgan fingerprint density at radius 1 is 1.25 bits per heavy atom. The number of amides is 1. The number of hydrogen-bond acceptors (Lipinski definition) is 5. The molecule has 0 saturated heterocycles. The second kappa shape index (κ2) is 7.05. The molecule has 1 amide bonds. The molecule has 0 atom stereocenters. The third kappa shape index (κ3) is 2.99. The summed E-state index contributed by atoms with van der Waals surface area (Å²) < 4.78 is 6.71. The first-order valence-electron chi connectivity index (χ1n) is 9.37. The van der Waals surface area contributed by atoms with Crippen molar-refractivity contribution in [2.75, 3.05) is 7.11 Å². The number of nitrogens with zero attached hydrogens (tertiary/aromatic N) is 2. The minimum absolute atomic E-state index is 0.122. The van der Waals surface area contributed by atoms with E-state index in [9.17, 15) is 9.59 Å². The fraction of sp³-hybridized carbons (Fsp3) is 0.381. The van der Waals surface area contributed by atoms with E-state index in [-0.39, 0.29) is 17.0 Å². The summed E-state index contributed by atoms with van der Waals surface area (Å²) in [7, 11) is 3.31. The van der Waals surface area contributed by atoms with E-state index in [2.05, 4.69) is 10.3 Å². The molecule has 1 aliphatic rings. The van der Waals surface area contributed by atoms with Crippen LogP contribution in [0.25, 0.3) is 10.2 Å². The Bertz CT molecular complexity index is 1090. The number of carbonyl (C=O) groups excluding carboxylic acids is 1. The monoisotopic (exact) mass is 397 g/mol. The number of carbonyl (C=O) groups is 1. The maximum Gasteiger partial charge on any atom is 0.262 e. The van der Waals surface area contributed by atoms with Crippen LogP contribution in [0.2, 0.25) is 0 Å². The molecule has 1 saturated carbocycles. The van der Waals surface area contributed by atoms with E-state index < -0.39 is 0 Å². The summed E-state index contributed by atoms with van der Waals surface area (Å²) in [6.07, 6.45) is 5.43. The molecule has 6 nitrogen and oxygen atoms in total. The van der Waals surface area contributed by atoms with E-state index in [1.54, 1.807) is 14.2 Å². The van der Waals surface area contributed by atoms with Crippen molar-refractivity contribution in [2.24, 2.45) is 7.05 Å². The lowest BCUT2D eigenvalue weighted by molar-refractivity contribution is 0.0902. The smallest absolute Gasteiger partial charge is 0.262 e. The van der Waals surface area contributed by atoms with E-state index in [1.807, 2.05) is 31.2 Å². The van der Waals surface area contributed by atoms with E-state index in [0.29, 0.717) is 20.7 Å². The van der Waals surface area contributed by atoms with E-state index in [0.717, 1.165) is 37.0 Å². The van der Waals surface area contributed by atoms with Crippen molar-refractivity contribution in [1.82, 2.24) is 14.9 Å². The van der Waals surface area contributed by atoms with Gasteiger partial charge < -0.3 is 14.6 Å². The summed E-state index contributed by atoms with van der Waals surface area (Å²) in [4.78, 5) is 31.2. The second-order valence-corrected chi connectivity index (χ2v) is 8.37. The standard InChI is InChI=1S/C21H23N3O3S/c1-13-16-19(22-12-24(2)20(16)26)28-17(13)18(25)23-21(10-4-5-11-21)14-6-8-15(27-3)9-7-14/h6-9,12H,4-5,10-11H2,1-3H3,(H,23,25). The lowest BCUT2D eigenvalue weighted by atomic mass is 9.88. The Morgan fingerprint density at radius 2 is 1.93 bits per heavy atom. The average Bonchev–Trinajstić information content (AvgIpc) is 3.30. The normalized spacial score (nSPS) is 15.7. The summed E-state index contributed by atoms with van der Waals surface area (Å²) in [6.45, 7) is 1.82. The number of thiophene rings is 1. The topological polar surface area (TPSA) is 73.2 Å². The van der Waals surface area contributed by atoms with Gasteiger partial charge in [0, 0.05) is 7.05 Å². The van der Waals surface area contributed by atoms with Gasteiger partial charge in [-0.3, -0.25) is 9.59 Å². The van der Waals surface area contributed by atoms with Crippen LogP contribution in [-0.2, 0) is 12.6 Å². The van der Waals surface area contributed by atoms with Gasteiger partial charge in [-0.25, -0.2) is 4.98 Å². The fourth-order valence-corrected chi connectivity index (χ4v) is 5.11. The molecule has 0 bridgehead atoms. The number of hydrogen-bond donors (Lipinski definition) is 1. The molecule has 2 heterocycles. The number of fused-ring (bicyclic) bond motifs is 1. The van der Waals surface area contributed by atoms with Crippen LogP contribution in [0.3, 0.4) is 0 Å². The third-order valence-electron chi connectivity index (χ3n) is 5.67. The summed E-state index contributed by atoms with van der Waals surface area (Å²) in [5, 5.41) is 3.82. The molecule has 28 heavy (non-hydrogen) atoms. The van der Waals surface area contributed by atoms with Gasteiger partial charge >= 0.3 is 0 Å². The Hall–Kier alpha value is -2.67. The molecule has 1 aliphatic carbocycles. The summed E-state index contributed by atoms with van der Waals surface area (Å²) in [6, 6.07) is 7.92. The van der Waals surface area contributed by atoms with Crippen molar-refractivity contribution in [3.8, 4) is 5.75 Å². The highest BCUT2D eigenvalue weighted by Crippen LogP contribution is 2.40. The quantitative estimate of drug-likeness (QED) is 0.731. The van der Waals surface area contributed by atoms with Gasteiger partial charge in [0.25, 0.3) is 11.5 Å². The number of nitrogens with one attached hydrogen (secondary N) is 1. The molecule has 0 aliphatic heterocycles. The summed E-state index contributed by atoms with van der Waals surface area (Å²) in [5.74, 6) is 0.658. The summed E-state index contributed by atoms with van der Waals surface area (Å²) >= 11 is 1.28. The van der Waals surface area contributed by atoms with Crippen LogP contribution >= 0.6 is 11.3 Å². The molecule has 3 aromatic rings. The molecule has 2 aromatic heterocycles. The number of benzene rings is 1. The SMILES string of the molecule is COc1ccc(C2(NC(=O)c3sc4ncn(C)c(=O)c4c3C)CCCC2)cc1. The molecule has 0 unspecified atom stereocenters. The number of ether oxygens (including phenoxy) is 1. The van der Waals surface area contributed by atoms with Crippen molar-refractivity contribution in [1.29, 1.82) is 0 Å². The van der Waals surface area contributed by atoms with Crippen molar-refractivity contribution < 1.29 is 9.53 Å². The first-order valence-corrected chi connectivity index (χ1v) is 10.2. The molecule has 1 N–H and O–H groups in total. The highest BCUT2D eigenvalue weighted by Gasteiger charge is 2.38. The molecule has 0 spiro atoms. The molecule has 4 rings (SSSR count). The van der Waals surface area contributed by atoms with E-state index in [1.165, 1.54) is 22.2 Å². The Labute approximate surface area is 167 Å². The van der Waals surface area contributed by atoms with E-state index in [4.69, 9.17) is 4.74 Å². The molecule has 1 fully saturated rings. The molecule has 7 heteroatoms. The maximum atomic E-state index is 13.2. The second-order valence-electron chi connectivity index (χ2n) is 7.37. The zero-order valence-corrected chi connectivity index (χ0v) is 17.1. The highest BCUT2D eigenvalue weighted by molar-refractivity contribution is 7.20. The van der Waals surface area contributed by atoms with Crippen LogP contribution in [0.15, 0.2) is 35.4 Å². The lowest BCUT2D eigenvalue weighted by Crippen LogP contribution is -2.43. The van der Waals surface area contributed by atoms with Gasteiger partial charge in [0.15, 0.2) is 0 Å². The molecular formula is C21H23N3O3S. The highest BCUT2D eigenvalue weighted by atomic mass is 32.1. The maximum absolute atomic E-state index is 13.2. The van der Waals surface area contributed by atoms with Crippen LogP contribution in [-0.4, -0.2) is 22.6 Å². The first kappa shape index (κ1) is 18.7. The van der Waals surface area contributed by atoms with Crippen LogP contribution in [0.5, 0.6) is 5.75 Å². The molecular weight excluding hydrogens is 374 g/mol. The molecule has 0 radical (unpaired) electrons. The minimum atomic E-state index is -0.385. The third-order valence-corrected chi connectivity index (χ3v) is 6.87. The van der Waals surface area contributed by atoms with Crippen LogP contribution in [0.1, 0.15) is 46.5 Å². The number of aryl methyl sites for hydroxylation is 2. The van der Waals surface area contributed by atoms with Crippen molar-refractivity contribution in [3.05, 3.63) is 57.0 Å². The van der Waals surface area contributed by atoms with Gasteiger partial charge in [-0.2, -0.15) is 0 Å². The zero-order chi connectivity index (χ0) is 19.9. The van der Waals surface area contributed by atoms with Crippen LogP contribution < -0.4 is 15.6 Å². The van der Waals surface area contributed by atoms with Gasteiger partial charge in [0.2, 0.25) is 0 Å².